The Morgan fingerprint density at radius 2 is 1.90 bits per heavy atom. The van der Waals surface area contributed by atoms with Crippen molar-refractivity contribution in [2.24, 2.45) is 0 Å². The number of pyridine rings is 1. The van der Waals surface area contributed by atoms with Crippen molar-refractivity contribution < 1.29 is 4.79 Å². The number of hydrogen-bond donors (Lipinski definition) is 2. The quantitative estimate of drug-likeness (QED) is 0.897. The molecule has 2 aromatic rings. The first-order valence-corrected chi connectivity index (χ1v) is 7.08. The number of hydrogen-bond acceptors (Lipinski definition) is 3. The van der Waals surface area contributed by atoms with E-state index >= 15 is 0 Å². The van der Waals surface area contributed by atoms with Crippen molar-refractivity contribution in [2.45, 2.75) is 26.7 Å². The maximum Gasteiger partial charge on any atom is 0.255 e. The highest BCUT2D eigenvalue weighted by Crippen LogP contribution is 2.24. The Hall–Kier alpha value is -2.36. The van der Waals surface area contributed by atoms with Gasteiger partial charge in [-0.3, -0.25) is 4.79 Å². The molecule has 1 aromatic carbocycles. The van der Waals surface area contributed by atoms with E-state index in [2.05, 4.69) is 29.5 Å². The molecule has 110 valence electrons. The van der Waals surface area contributed by atoms with Crippen LogP contribution in [-0.4, -0.2) is 17.9 Å². The molecule has 0 bridgehead atoms. The highest BCUT2D eigenvalue weighted by molar-refractivity contribution is 6.05. The lowest BCUT2D eigenvalue weighted by molar-refractivity contribution is 0.102. The molecule has 0 spiro atoms. The number of nitrogens with one attached hydrogen (secondary N) is 2. The van der Waals surface area contributed by atoms with Crippen molar-refractivity contribution in [1.82, 2.24) is 4.98 Å². The summed E-state index contributed by atoms with van der Waals surface area (Å²) in [4.78, 5) is 16.7. The highest BCUT2D eigenvalue weighted by Gasteiger charge is 2.12. The van der Waals surface area contributed by atoms with Crippen LogP contribution in [0.4, 0.5) is 11.5 Å². The third-order valence-electron chi connectivity index (χ3n) is 3.30. The van der Waals surface area contributed by atoms with Gasteiger partial charge in [0.15, 0.2) is 0 Å². The molecule has 0 unspecified atom stereocenters. The van der Waals surface area contributed by atoms with E-state index < -0.39 is 0 Å². The molecule has 1 aromatic heterocycles. The molecule has 0 aliphatic carbocycles. The van der Waals surface area contributed by atoms with Gasteiger partial charge in [-0.15, -0.1) is 0 Å². The van der Waals surface area contributed by atoms with Crippen molar-refractivity contribution in [3.63, 3.8) is 0 Å². The van der Waals surface area contributed by atoms with E-state index in [9.17, 15) is 4.79 Å². The van der Waals surface area contributed by atoms with Gasteiger partial charge in [-0.05, 0) is 36.6 Å². The second-order valence-corrected chi connectivity index (χ2v) is 5.33. The number of benzene rings is 1. The molecule has 0 saturated carbocycles. The molecule has 0 atom stereocenters. The summed E-state index contributed by atoms with van der Waals surface area (Å²) in [5.41, 5.74) is 3.40. The Balaban J connectivity index is 2.28. The topological polar surface area (TPSA) is 54.0 Å². The standard InChI is InChI=1S/C17H21N3O/c1-11(2)14-7-5-6-8-15(14)20-17(21)13-9-12(3)19-16(10-13)18-4/h5-11H,1-4H3,(H,18,19)(H,20,21). The van der Waals surface area contributed by atoms with E-state index in [0.717, 1.165) is 16.9 Å². The van der Waals surface area contributed by atoms with Crippen molar-refractivity contribution in [2.75, 3.05) is 17.7 Å². The third kappa shape index (κ3) is 3.60. The molecule has 2 N–H and O–H groups in total. The Kier molecular flexibility index (Phi) is 4.58. The van der Waals surface area contributed by atoms with E-state index in [1.807, 2.05) is 31.2 Å². The van der Waals surface area contributed by atoms with Crippen LogP contribution in [0.15, 0.2) is 36.4 Å². The third-order valence-corrected chi connectivity index (χ3v) is 3.30. The summed E-state index contributed by atoms with van der Waals surface area (Å²) in [5.74, 6) is 0.927. The molecule has 1 heterocycles. The van der Waals surface area contributed by atoms with Gasteiger partial charge in [-0.25, -0.2) is 4.98 Å². The molecular weight excluding hydrogens is 262 g/mol. The van der Waals surface area contributed by atoms with E-state index in [1.165, 1.54) is 0 Å². The van der Waals surface area contributed by atoms with Gasteiger partial charge in [0.1, 0.15) is 5.82 Å². The molecule has 0 saturated heterocycles. The average Bonchev–Trinajstić information content (AvgIpc) is 2.46. The summed E-state index contributed by atoms with van der Waals surface area (Å²) in [6.07, 6.45) is 0. The van der Waals surface area contributed by atoms with Gasteiger partial charge in [-0.1, -0.05) is 32.0 Å². The van der Waals surface area contributed by atoms with Crippen molar-refractivity contribution in [1.29, 1.82) is 0 Å². The maximum absolute atomic E-state index is 12.4. The lowest BCUT2D eigenvalue weighted by Crippen LogP contribution is -2.14. The Labute approximate surface area is 125 Å². The second-order valence-electron chi connectivity index (χ2n) is 5.33. The fourth-order valence-corrected chi connectivity index (χ4v) is 2.24. The summed E-state index contributed by atoms with van der Waals surface area (Å²) < 4.78 is 0. The summed E-state index contributed by atoms with van der Waals surface area (Å²) in [5, 5.41) is 5.96. The van der Waals surface area contributed by atoms with Crippen molar-refractivity contribution in [3.05, 3.63) is 53.2 Å². The summed E-state index contributed by atoms with van der Waals surface area (Å²) in [6, 6.07) is 11.4. The Morgan fingerprint density at radius 1 is 1.19 bits per heavy atom. The largest absolute Gasteiger partial charge is 0.373 e. The normalized spacial score (nSPS) is 10.5. The lowest BCUT2D eigenvalue weighted by Gasteiger charge is -2.14. The lowest BCUT2D eigenvalue weighted by atomic mass is 10.0. The minimum absolute atomic E-state index is 0.120. The summed E-state index contributed by atoms with van der Waals surface area (Å²) >= 11 is 0. The first-order valence-electron chi connectivity index (χ1n) is 7.08. The predicted molar refractivity (Wildman–Crippen MR) is 87.0 cm³/mol. The number of aromatic nitrogens is 1. The summed E-state index contributed by atoms with van der Waals surface area (Å²) in [7, 11) is 1.79. The summed E-state index contributed by atoms with van der Waals surface area (Å²) in [6.45, 7) is 6.10. The molecule has 0 fully saturated rings. The number of carbonyl (C=O) groups is 1. The zero-order chi connectivity index (χ0) is 15.4. The van der Waals surface area contributed by atoms with E-state index in [0.29, 0.717) is 17.3 Å². The second kappa shape index (κ2) is 6.39. The Morgan fingerprint density at radius 3 is 2.57 bits per heavy atom. The first kappa shape index (κ1) is 15.0. The van der Waals surface area contributed by atoms with Gasteiger partial charge in [-0.2, -0.15) is 0 Å². The van der Waals surface area contributed by atoms with Crippen LogP contribution >= 0.6 is 0 Å². The van der Waals surface area contributed by atoms with Crippen molar-refractivity contribution >= 4 is 17.4 Å². The number of para-hydroxylation sites is 1. The van der Waals surface area contributed by atoms with Gasteiger partial charge in [0.25, 0.3) is 5.91 Å². The average molecular weight is 283 g/mol. The fraction of sp³-hybridized carbons (Fsp3) is 0.294. The number of anilines is 2. The van der Waals surface area contributed by atoms with Crippen LogP contribution in [0.1, 0.15) is 41.4 Å². The van der Waals surface area contributed by atoms with Gasteiger partial charge in [0, 0.05) is 24.0 Å². The highest BCUT2D eigenvalue weighted by atomic mass is 16.1. The van der Waals surface area contributed by atoms with Gasteiger partial charge < -0.3 is 10.6 Å². The molecule has 0 aliphatic rings. The van der Waals surface area contributed by atoms with E-state index in [1.54, 1.807) is 19.2 Å². The molecular formula is C17H21N3O. The molecule has 4 nitrogen and oxygen atoms in total. The van der Waals surface area contributed by atoms with Crippen LogP contribution in [0.2, 0.25) is 0 Å². The zero-order valence-corrected chi connectivity index (χ0v) is 12.9. The van der Waals surface area contributed by atoms with Gasteiger partial charge in [0.2, 0.25) is 0 Å². The monoisotopic (exact) mass is 283 g/mol. The molecule has 2 rings (SSSR count). The smallest absolute Gasteiger partial charge is 0.255 e. The van der Waals surface area contributed by atoms with Crippen LogP contribution in [-0.2, 0) is 0 Å². The Bertz CT molecular complexity index is 650. The minimum atomic E-state index is -0.120. The van der Waals surface area contributed by atoms with Crippen molar-refractivity contribution in [3.8, 4) is 0 Å². The predicted octanol–water partition coefficient (Wildman–Crippen LogP) is 3.81. The zero-order valence-electron chi connectivity index (χ0n) is 12.9. The number of carbonyl (C=O) groups excluding carboxylic acids is 1. The molecule has 0 radical (unpaired) electrons. The fourth-order valence-electron chi connectivity index (χ4n) is 2.24. The molecule has 4 heteroatoms. The van der Waals surface area contributed by atoms with Crippen LogP contribution in [0, 0.1) is 6.92 Å². The van der Waals surface area contributed by atoms with E-state index in [4.69, 9.17) is 0 Å². The number of rotatable bonds is 4. The first-order chi connectivity index (χ1) is 10.0. The number of nitrogens with zero attached hydrogens (tertiary/aromatic N) is 1. The number of amides is 1. The van der Waals surface area contributed by atoms with E-state index in [-0.39, 0.29) is 5.91 Å². The number of aryl methyl sites for hydroxylation is 1. The van der Waals surface area contributed by atoms with Crippen LogP contribution in [0.25, 0.3) is 0 Å². The SMILES string of the molecule is CNc1cc(C(=O)Nc2ccccc2C(C)C)cc(C)n1. The molecule has 0 aliphatic heterocycles. The van der Waals surface area contributed by atoms with Gasteiger partial charge in [0.05, 0.1) is 0 Å². The van der Waals surface area contributed by atoms with Crippen LogP contribution in [0.5, 0.6) is 0 Å². The van der Waals surface area contributed by atoms with Crippen LogP contribution in [0.3, 0.4) is 0 Å². The van der Waals surface area contributed by atoms with Gasteiger partial charge >= 0.3 is 0 Å². The van der Waals surface area contributed by atoms with Crippen LogP contribution < -0.4 is 10.6 Å². The molecule has 1 amide bonds. The minimum Gasteiger partial charge on any atom is -0.373 e. The molecule has 21 heavy (non-hydrogen) atoms. The maximum atomic E-state index is 12.4.